The minimum absolute atomic E-state index is 0.0192. The quantitative estimate of drug-likeness (QED) is 0.474. The third kappa shape index (κ3) is 6.59. The largest absolute Gasteiger partial charge is 0.462 e. The van der Waals surface area contributed by atoms with E-state index < -0.39 is 0 Å². The van der Waals surface area contributed by atoms with Gasteiger partial charge in [0.1, 0.15) is 12.4 Å². The molecule has 16 heavy (non-hydrogen) atoms. The van der Waals surface area contributed by atoms with Gasteiger partial charge in [-0.05, 0) is 24.7 Å². The molecule has 0 radical (unpaired) electrons. The van der Waals surface area contributed by atoms with Crippen LogP contribution in [0.1, 0.15) is 53.4 Å². The fourth-order valence-corrected chi connectivity index (χ4v) is 1.65. The molecule has 0 rings (SSSR count). The lowest BCUT2D eigenvalue weighted by Gasteiger charge is -2.20. The van der Waals surface area contributed by atoms with Gasteiger partial charge in [-0.3, -0.25) is 4.79 Å². The van der Waals surface area contributed by atoms with Gasteiger partial charge >= 0.3 is 5.97 Å². The maximum atomic E-state index is 11.6. The molecule has 0 heterocycles. The fourth-order valence-electron chi connectivity index (χ4n) is 1.65. The predicted molar refractivity (Wildman–Crippen MR) is 64.1 cm³/mol. The van der Waals surface area contributed by atoms with Crippen LogP contribution in [0.3, 0.4) is 0 Å². The lowest BCUT2D eigenvalue weighted by atomic mass is 10.0. The number of esters is 1. The van der Waals surface area contributed by atoms with Crippen LogP contribution in [0.5, 0.6) is 0 Å². The van der Waals surface area contributed by atoms with Gasteiger partial charge in [-0.25, -0.2) is 0 Å². The Morgan fingerprint density at radius 2 is 1.94 bits per heavy atom. The average molecular weight is 228 g/mol. The molecule has 0 aromatic carbocycles. The molecule has 0 bridgehead atoms. The average Bonchev–Trinajstić information content (AvgIpc) is 2.22. The maximum absolute atomic E-state index is 11.6. The molecule has 0 unspecified atom stereocenters. The Labute approximate surface area is 98.6 Å². The Hall–Kier alpha value is -0.860. The zero-order valence-electron chi connectivity index (χ0n) is 10.9. The third-order valence-corrected chi connectivity index (χ3v) is 2.72. The summed E-state index contributed by atoms with van der Waals surface area (Å²) < 4.78 is 5.38. The van der Waals surface area contributed by atoms with Gasteiger partial charge in [0.15, 0.2) is 0 Å². The van der Waals surface area contributed by atoms with E-state index in [0.29, 0.717) is 18.8 Å². The van der Waals surface area contributed by atoms with E-state index in [1.165, 1.54) is 0 Å². The number of hydrogen-bond donors (Lipinski definition) is 0. The topological polar surface area (TPSA) is 43.4 Å². The third-order valence-electron chi connectivity index (χ3n) is 2.72. The van der Waals surface area contributed by atoms with Gasteiger partial charge in [0.2, 0.25) is 0 Å². The van der Waals surface area contributed by atoms with Crippen LogP contribution >= 0.6 is 0 Å². The Morgan fingerprint density at radius 3 is 2.38 bits per heavy atom. The molecule has 0 fully saturated rings. The van der Waals surface area contributed by atoms with Gasteiger partial charge < -0.3 is 9.53 Å². The molecular formula is C13H24O3. The van der Waals surface area contributed by atoms with Crippen molar-refractivity contribution in [3.05, 3.63) is 0 Å². The summed E-state index contributed by atoms with van der Waals surface area (Å²) in [6.07, 6.45) is 3.46. The lowest BCUT2D eigenvalue weighted by molar-refractivity contribution is -0.152. The van der Waals surface area contributed by atoms with Crippen LogP contribution in [0.25, 0.3) is 0 Å². The van der Waals surface area contributed by atoms with E-state index in [9.17, 15) is 9.59 Å². The van der Waals surface area contributed by atoms with Crippen LogP contribution in [-0.4, -0.2) is 18.4 Å². The van der Waals surface area contributed by atoms with Gasteiger partial charge in [-0.1, -0.05) is 27.7 Å². The van der Waals surface area contributed by atoms with Crippen LogP contribution in [0, 0.1) is 11.8 Å². The molecule has 3 heteroatoms. The summed E-state index contributed by atoms with van der Waals surface area (Å²) in [6.45, 7) is 8.10. The minimum atomic E-state index is -0.140. The first-order chi connectivity index (χ1) is 7.51. The Balaban J connectivity index is 3.92. The summed E-state index contributed by atoms with van der Waals surface area (Å²) in [5.41, 5.74) is 0. The minimum Gasteiger partial charge on any atom is -0.462 e. The number of aldehydes is 1. The molecule has 0 aromatic rings. The van der Waals surface area contributed by atoms with Gasteiger partial charge in [-0.15, -0.1) is 0 Å². The van der Waals surface area contributed by atoms with Crippen LogP contribution in [0.15, 0.2) is 0 Å². The van der Waals surface area contributed by atoms with Crippen molar-refractivity contribution in [2.75, 3.05) is 0 Å². The number of carbonyl (C=O) groups excluding carboxylic acids is 2. The van der Waals surface area contributed by atoms with Crippen LogP contribution in [-0.2, 0) is 14.3 Å². The number of carbonyl (C=O) groups is 2. The van der Waals surface area contributed by atoms with Crippen molar-refractivity contribution in [3.63, 3.8) is 0 Å². The maximum Gasteiger partial charge on any atom is 0.306 e. The van der Waals surface area contributed by atoms with E-state index in [1.807, 2.05) is 13.8 Å². The second-order valence-electron chi connectivity index (χ2n) is 4.73. The van der Waals surface area contributed by atoms with Crippen LogP contribution in [0.4, 0.5) is 0 Å². The van der Waals surface area contributed by atoms with Crippen molar-refractivity contribution in [3.8, 4) is 0 Å². The van der Waals surface area contributed by atoms with Gasteiger partial charge in [-0.2, -0.15) is 0 Å². The zero-order chi connectivity index (χ0) is 12.6. The highest BCUT2D eigenvalue weighted by Crippen LogP contribution is 2.15. The van der Waals surface area contributed by atoms with E-state index in [1.54, 1.807) is 0 Å². The first kappa shape index (κ1) is 15.1. The highest BCUT2D eigenvalue weighted by molar-refractivity contribution is 5.69. The SMILES string of the molecule is CC[C@H](OC(=O)C[C@H](C)CCC=O)C(C)C. The van der Waals surface area contributed by atoms with Gasteiger partial charge in [0.25, 0.3) is 0 Å². The summed E-state index contributed by atoms with van der Waals surface area (Å²) in [5.74, 6) is 0.445. The van der Waals surface area contributed by atoms with E-state index in [0.717, 1.165) is 19.1 Å². The van der Waals surface area contributed by atoms with E-state index in [-0.39, 0.29) is 18.0 Å². The van der Waals surface area contributed by atoms with Crippen LogP contribution in [0.2, 0.25) is 0 Å². The van der Waals surface area contributed by atoms with Gasteiger partial charge in [0, 0.05) is 12.8 Å². The second-order valence-corrected chi connectivity index (χ2v) is 4.73. The molecule has 0 saturated heterocycles. The Morgan fingerprint density at radius 1 is 1.31 bits per heavy atom. The molecule has 2 atom stereocenters. The monoisotopic (exact) mass is 228 g/mol. The van der Waals surface area contributed by atoms with Crippen molar-refractivity contribution in [2.45, 2.75) is 59.5 Å². The second kappa shape index (κ2) is 8.31. The van der Waals surface area contributed by atoms with Crippen molar-refractivity contribution >= 4 is 12.3 Å². The molecule has 94 valence electrons. The highest BCUT2D eigenvalue weighted by atomic mass is 16.5. The summed E-state index contributed by atoms with van der Waals surface area (Å²) in [4.78, 5) is 21.8. The standard InChI is InChI=1S/C13H24O3/c1-5-12(10(2)3)16-13(15)9-11(4)7-6-8-14/h8,10-12H,5-7,9H2,1-4H3/t11-,12+/m1/s1. The summed E-state index contributed by atoms with van der Waals surface area (Å²) >= 11 is 0. The first-order valence-corrected chi connectivity index (χ1v) is 6.14. The van der Waals surface area contributed by atoms with E-state index in [2.05, 4.69) is 13.8 Å². The molecule has 0 amide bonds. The number of hydrogen-bond acceptors (Lipinski definition) is 3. The van der Waals surface area contributed by atoms with Crippen molar-refractivity contribution in [1.82, 2.24) is 0 Å². The molecule has 0 aliphatic rings. The predicted octanol–water partition coefficient (Wildman–Crippen LogP) is 2.97. The lowest BCUT2D eigenvalue weighted by Crippen LogP contribution is -2.23. The molecular weight excluding hydrogens is 204 g/mol. The van der Waals surface area contributed by atoms with Crippen molar-refractivity contribution in [2.24, 2.45) is 11.8 Å². The molecule has 0 spiro atoms. The van der Waals surface area contributed by atoms with Crippen molar-refractivity contribution in [1.29, 1.82) is 0 Å². The highest BCUT2D eigenvalue weighted by Gasteiger charge is 2.17. The van der Waals surface area contributed by atoms with E-state index >= 15 is 0 Å². The van der Waals surface area contributed by atoms with Gasteiger partial charge in [0.05, 0.1) is 0 Å². The zero-order valence-corrected chi connectivity index (χ0v) is 10.9. The molecule has 0 aromatic heterocycles. The number of rotatable bonds is 8. The van der Waals surface area contributed by atoms with Crippen molar-refractivity contribution < 1.29 is 14.3 Å². The molecule has 3 nitrogen and oxygen atoms in total. The van der Waals surface area contributed by atoms with Crippen LogP contribution < -0.4 is 0 Å². The Bertz CT molecular complexity index is 211. The van der Waals surface area contributed by atoms with E-state index in [4.69, 9.17) is 4.74 Å². The molecule has 0 aliphatic heterocycles. The normalized spacial score (nSPS) is 14.6. The fraction of sp³-hybridized carbons (Fsp3) is 0.846. The molecule has 0 N–H and O–H groups in total. The summed E-state index contributed by atoms with van der Waals surface area (Å²) in [5, 5.41) is 0. The summed E-state index contributed by atoms with van der Waals surface area (Å²) in [6, 6.07) is 0. The first-order valence-electron chi connectivity index (χ1n) is 6.14. The molecule has 0 aliphatic carbocycles. The summed E-state index contributed by atoms with van der Waals surface area (Å²) in [7, 11) is 0. The number of ether oxygens (including phenoxy) is 1. The smallest absolute Gasteiger partial charge is 0.306 e. The molecule has 0 saturated carbocycles. The Kier molecular flexibility index (Phi) is 7.86.